The summed E-state index contributed by atoms with van der Waals surface area (Å²) < 4.78 is 5.36. The third-order valence-corrected chi connectivity index (χ3v) is 4.09. The van der Waals surface area contributed by atoms with Gasteiger partial charge in [-0.3, -0.25) is 0 Å². The number of nitriles is 1. The molecule has 1 aromatic rings. The topological polar surface area (TPSA) is 77.4 Å². The second-order valence-corrected chi connectivity index (χ2v) is 5.70. The number of urea groups is 1. The average Bonchev–Trinajstić information content (AvgIpc) is 2.94. The van der Waals surface area contributed by atoms with Crippen LogP contribution in [0.5, 0.6) is 5.75 Å². The molecule has 2 amide bonds. The zero-order chi connectivity index (χ0) is 16.7. The molecule has 1 fully saturated rings. The molecule has 23 heavy (non-hydrogen) atoms. The standard InChI is InChI=1S/C17H24N4O2/c1-3-23-16-7-6-14(11-13(16)12-18)20-17(22)19-9-8-15-5-4-10-21(15)2/h6-7,11,15H,3-5,8-10H2,1-2H3,(H2,19,20,22)/t15-/m1/s1. The Bertz CT molecular complexity index is 582. The second kappa shape index (κ2) is 8.39. The molecule has 0 aliphatic carbocycles. The quantitative estimate of drug-likeness (QED) is 0.845. The summed E-state index contributed by atoms with van der Waals surface area (Å²) in [4.78, 5) is 14.3. The van der Waals surface area contributed by atoms with Crippen molar-refractivity contribution in [2.75, 3.05) is 32.1 Å². The highest BCUT2D eigenvalue weighted by atomic mass is 16.5. The Kier molecular flexibility index (Phi) is 6.24. The summed E-state index contributed by atoms with van der Waals surface area (Å²) >= 11 is 0. The van der Waals surface area contributed by atoms with E-state index in [1.54, 1.807) is 18.2 Å². The Morgan fingerprint density at radius 1 is 1.52 bits per heavy atom. The molecule has 6 heteroatoms. The van der Waals surface area contributed by atoms with Crippen LogP contribution in [0.3, 0.4) is 0 Å². The number of carbonyl (C=O) groups excluding carboxylic acids is 1. The zero-order valence-electron chi connectivity index (χ0n) is 13.8. The van der Waals surface area contributed by atoms with Crippen LogP contribution in [-0.4, -0.2) is 43.7 Å². The van der Waals surface area contributed by atoms with E-state index < -0.39 is 0 Å². The maximum absolute atomic E-state index is 11.9. The number of hydrogen-bond donors (Lipinski definition) is 2. The molecule has 1 aliphatic heterocycles. The van der Waals surface area contributed by atoms with E-state index in [-0.39, 0.29) is 6.03 Å². The fraction of sp³-hybridized carbons (Fsp3) is 0.529. The van der Waals surface area contributed by atoms with Crippen molar-refractivity contribution in [3.63, 3.8) is 0 Å². The smallest absolute Gasteiger partial charge is 0.319 e. The summed E-state index contributed by atoms with van der Waals surface area (Å²) in [6.45, 7) is 4.14. The number of nitrogens with zero attached hydrogens (tertiary/aromatic N) is 2. The third-order valence-electron chi connectivity index (χ3n) is 4.09. The molecule has 124 valence electrons. The predicted molar refractivity (Wildman–Crippen MR) is 89.6 cm³/mol. The van der Waals surface area contributed by atoms with Gasteiger partial charge in [-0.25, -0.2) is 4.79 Å². The maximum Gasteiger partial charge on any atom is 0.319 e. The average molecular weight is 316 g/mol. The summed E-state index contributed by atoms with van der Waals surface area (Å²) in [5.41, 5.74) is 0.998. The van der Waals surface area contributed by atoms with Gasteiger partial charge in [-0.15, -0.1) is 0 Å². The van der Waals surface area contributed by atoms with E-state index in [2.05, 4.69) is 28.7 Å². The fourth-order valence-electron chi connectivity index (χ4n) is 2.85. The molecule has 0 unspecified atom stereocenters. The van der Waals surface area contributed by atoms with Crippen molar-refractivity contribution in [2.24, 2.45) is 0 Å². The molecule has 0 spiro atoms. The summed E-state index contributed by atoms with van der Waals surface area (Å²) in [6.07, 6.45) is 3.39. The van der Waals surface area contributed by atoms with Crippen molar-refractivity contribution in [3.8, 4) is 11.8 Å². The van der Waals surface area contributed by atoms with Crippen LogP contribution in [0.15, 0.2) is 18.2 Å². The van der Waals surface area contributed by atoms with Crippen LogP contribution < -0.4 is 15.4 Å². The van der Waals surface area contributed by atoms with Crippen LogP contribution in [0.4, 0.5) is 10.5 Å². The fourth-order valence-corrected chi connectivity index (χ4v) is 2.85. The number of amides is 2. The van der Waals surface area contributed by atoms with Gasteiger partial charge >= 0.3 is 6.03 Å². The Balaban J connectivity index is 1.81. The van der Waals surface area contributed by atoms with E-state index in [0.717, 1.165) is 13.0 Å². The number of nitrogens with one attached hydrogen (secondary N) is 2. The molecule has 1 aromatic carbocycles. The van der Waals surface area contributed by atoms with Gasteiger partial charge in [0.2, 0.25) is 0 Å². The molecule has 0 radical (unpaired) electrons. The lowest BCUT2D eigenvalue weighted by molar-refractivity contribution is 0.248. The molecular weight excluding hydrogens is 292 g/mol. The molecule has 1 heterocycles. The lowest BCUT2D eigenvalue weighted by atomic mass is 10.1. The number of rotatable bonds is 6. The van der Waals surface area contributed by atoms with E-state index in [4.69, 9.17) is 10.00 Å². The van der Waals surface area contributed by atoms with Crippen molar-refractivity contribution in [3.05, 3.63) is 23.8 Å². The van der Waals surface area contributed by atoms with E-state index in [1.165, 1.54) is 12.8 Å². The van der Waals surface area contributed by atoms with Crippen molar-refractivity contribution in [2.45, 2.75) is 32.2 Å². The SMILES string of the molecule is CCOc1ccc(NC(=O)NCC[C@H]2CCCN2C)cc1C#N. The van der Waals surface area contributed by atoms with Crippen LogP contribution in [0.1, 0.15) is 31.7 Å². The van der Waals surface area contributed by atoms with Crippen LogP contribution in [0.2, 0.25) is 0 Å². The van der Waals surface area contributed by atoms with Crippen molar-refractivity contribution < 1.29 is 9.53 Å². The maximum atomic E-state index is 11.9. The number of carbonyl (C=O) groups is 1. The van der Waals surface area contributed by atoms with Crippen LogP contribution in [0.25, 0.3) is 0 Å². The first-order chi connectivity index (χ1) is 11.1. The number of ether oxygens (including phenoxy) is 1. The van der Waals surface area contributed by atoms with E-state index >= 15 is 0 Å². The second-order valence-electron chi connectivity index (χ2n) is 5.70. The summed E-state index contributed by atoms with van der Waals surface area (Å²) in [6, 6.07) is 7.44. The zero-order valence-corrected chi connectivity index (χ0v) is 13.8. The number of benzene rings is 1. The molecule has 1 aliphatic rings. The molecule has 2 N–H and O–H groups in total. The molecule has 1 saturated heterocycles. The van der Waals surface area contributed by atoms with E-state index in [1.807, 2.05) is 6.92 Å². The Morgan fingerprint density at radius 3 is 3.00 bits per heavy atom. The molecular formula is C17H24N4O2. The highest BCUT2D eigenvalue weighted by molar-refractivity contribution is 5.89. The van der Waals surface area contributed by atoms with Crippen LogP contribution in [-0.2, 0) is 0 Å². The minimum atomic E-state index is -0.251. The lowest BCUT2D eigenvalue weighted by Crippen LogP contribution is -2.34. The highest BCUT2D eigenvalue weighted by Crippen LogP contribution is 2.22. The Labute approximate surface area is 137 Å². The minimum absolute atomic E-state index is 0.251. The first kappa shape index (κ1) is 17.1. The monoisotopic (exact) mass is 316 g/mol. The van der Waals surface area contributed by atoms with Gasteiger partial charge in [-0.05, 0) is 58.0 Å². The Hall–Kier alpha value is -2.26. The van der Waals surface area contributed by atoms with Gasteiger partial charge in [0.25, 0.3) is 0 Å². The molecule has 0 aromatic heterocycles. The molecule has 1 atom stereocenters. The molecule has 0 bridgehead atoms. The predicted octanol–water partition coefficient (Wildman–Crippen LogP) is 2.56. The summed E-state index contributed by atoms with van der Waals surface area (Å²) in [5, 5.41) is 14.7. The van der Waals surface area contributed by atoms with Gasteiger partial charge in [-0.2, -0.15) is 5.26 Å². The van der Waals surface area contributed by atoms with Crippen LogP contribution >= 0.6 is 0 Å². The summed E-state index contributed by atoms with van der Waals surface area (Å²) in [5.74, 6) is 0.533. The molecule has 6 nitrogen and oxygen atoms in total. The third kappa shape index (κ3) is 4.86. The van der Waals surface area contributed by atoms with Gasteiger partial charge in [0.1, 0.15) is 11.8 Å². The van der Waals surface area contributed by atoms with Gasteiger partial charge in [0, 0.05) is 18.3 Å². The Morgan fingerprint density at radius 2 is 2.35 bits per heavy atom. The number of anilines is 1. The number of hydrogen-bond acceptors (Lipinski definition) is 4. The van der Waals surface area contributed by atoms with Crippen molar-refractivity contribution in [1.82, 2.24) is 10.2 Å². The summed E-state index contributed by atoms with van der Waals surface area (Å²) in [7, 11) is 2.13. The van der Waals surface area contributed by atoms with Crippen LogP contribution in [0, 0.1) is 11.3 Å². The largest absolute Gasteiger partial charge is 0.492 e. The number of likely N-dealkylation sites (tertiary alicyclic amines) is 1. The first-order valence-electron chi connectivity index (χ1n) is 8.06. The first-order valence-corrected chi connectivity index (χ1v) is 8.06. The van der Waals surface area contributed by atoms with Gasteiger partial charge in [0.05, 0.1) is 12.2 Å². The van der Waals surface area contributed by atoms with Gasteiger partial charge in [0.15, 0.2) is 0 Å². The van der Waals surface area contributed by atoms with E-state index in [9.17, 15) is 4.79 Å². The lowest BCUT2D eigenvalue weighted by Gasteiger charge is -2.19. The molecule has 0 saturated carbocycles. The highest BCUT2D eigenvalue weighted by Gasteiger charge is 2.20. The normalized spacial score (nSPS) is 17.5. The van der Waals surface area contributed by atoms with Gasteiger partial charge < -0.3 is 20.3 Å². The van der Waals surface area contributed by atoms with Crippen molar-refractivity contribution in [1.29, 1.82) is 5.26 Å². The molecule has 2 rings (SSSR count). The van der Waals surface area contributed by atoms with Crippen molar-refractivity contribution >= 4 is 11.7 Å². The van der Waals surface area contributed by atoms with E-state index in [0.29, 0.717) is 36.2 Å². The minimum Gasteiger partial charge on any atom is -0.492 e. The van der Waals surface area contributed by atoms with Gasteiger partial charge in [-0.1, -0.05) is 0 Å².